The number of carbonyl (C=O) groups is 1. The second-order valence-corrected chi connectivity index (χ2v) is 3.20. The molecule has 0 aromatic heterocycles. The van der Waals surface area contributed by atoms with Gasteiger partial charge in [-0.1, -0.05) is 0 Å². The molecular formula is C12H16O4. The van der Waals surface area contributed by atoms with E-state index in [-0.39, 0.29) is 0 Å². The molecule has 1 rings (SSSR count). The van der Waals surface area contributed by atoms with Crippen molar-refractivity contribution < 1.29 is 19.0 Å². The molecule has 4 heteroatoms. The predicted molar refractivity (Wildman–Crippen MR) is 60.8 cm³/mol. The van der Waals surface area contributed by atoms with Crippen LogP contribution < -0.4 is 14.2 Å². The van der Waals surface area contributed by atoms with Crippen molar-refractivity contribution in [2.75, 3.05) is 20.8 Å². The van der Waals surface area contributed by atoms with E-state index in [1.807, 2.05) is 13.8 Å². The van der Waals surface area contributed by atoms with E-state index >= 15 is 0 Å². The molecule has 1 aromatic carbocycles. The summed E-state index contributed by atoms with van der Waals surface area (Å²) in [5.74, 6) is 1.63. The van der Waals surface area contributed by atoms with E-state index in [1.54, 1.807) is 13.2 Å². The van der Waals surface area contributed by atoms with Crippen LogP contribution >= 0.6 is 0 Å². The average molecular weight is 224 g/mol. The van der Waals surface area contributed by atoms with Crippen LogP contribution in [0.25, 0.3) is 0 Å². The number of aldehydes is 1. The second kappa shape index (κ2) is 5.39. The molecule has 0 bridgehead atoms. The number of hydrogen-bond acceptors (Lipinski definition) is 4. The van der Waals surface area contributed by atoms with Gasteiger partial charge in [-0.3, -0.25) is 4.79 Å². The van der Waals surface area contributed by atoms with Crippen LogP contribution in [0.15, 0.2) is 6.07 Å². The first-order chi connectivity index (χ1) is 7.69. The van der Waals surface area contributed by atoms with Gasteiger partial charge in [0.25, 0.3) is 0 Å². The molecule has 0 atom stereocenters. The maximum Gasteiger partial charge on any atom is 0.157 e. The molecule has 0 aliphatic heterocycles. The molecule has 0 saturated carbocycles. The van der Waals surface area contributed by atoms with Gasteiger partial charge in [0.1, 0.15) is 17.2 Å². The van der Waals surface area contributed by atoms with Gasteiger partial charge < -0.3 is 14.2 Å². The molecule has 0 aliphatic rings. The Labute approximate surface area is 95.1 Å². The molecule has 0 heterocycles. The SMILES string of the molecule is CCOc1cc(OC)c(C)c(OC)c1C=O. The molecule has 1 aromatic rings. The summed E-state index contributed by atoms with van der Waals surface area (Å²) in [6, 6.07) is 1.70. The van der Waals surface area contributed by atoms with Crippen molar-refractivity contribution in [1.29, 1.82) is 0 Å². The van der Waals surface area contributed by atoms with Gasteiger partial charge in [0.05, 0.1) is 26.4 Å². The van der Waals surface area contributed by atoms with Gasteiger partial charge in [-0.05, 0) is 13.8 Å². The van der Waals surface area contributed by atoms with Crippen molar-refractivity contribution in [2.45, 2.75) is 13.8 Å². The molecule has 88 valence electrons. The second-order valence-electron chi connectivity index (χ2n) is 3.20. The number of hydrogen-bond donors (Lipinski definition) is 0. The Hall–Kier alpha value is -1.71. The van der Waals surface area contributed by atoms with E-state index in [0.29, 0.717) is 29.4 Å². The Morgan fingerprint density at radius 1 is 1.25 bits per heavy atom. The Morgan fingerprint density at radius 3 is 2.38 bits per heavy atom. The number of methoxy groups -OCH3 is 2. The first-order valence-corrected chi connectivity index (χ1v) is 5.03. The quantitative estimate of drug-likeness (QED) is 0.719. The summed E-state index contributed by atoms with van der Waals surface area (Å²) in [5, 5.41) is 0. The first kappa shape index (κ1) is 12.4. The van der Waals surface area contributed by atoms with Crippen LogP contribution in [0.3, 0.4) is 0 Å². The standard InChI is InChI=1S/C12H16O4/c1-5-16-11-6-10(14-3)8(2)12(15-4)9(11)7-13/h6-7H,5H2,1-4H3. The van der Waals surface area contributed by atoms with E-state index in [1.165, 1.54) is 7.11 Å². The highest BCUT2D eigenvalue weighted by Crippen LogP contribution is 2.37. The normalized spacial score (nSPS) is 9.75. The minimum absolute atomic E-state index is 0.419. The van der Waals surface area contributed by atoms with E-state index < -0.39 is 0 Å². The van der Waals surface area contributed by atoms with E-state index in [2.05, 4.69) is 0 Å². The Kier molecular flexibility index (Phi) is 4.17. The van der Waals surface area contributed by atoms with Crippen LogP contribution in [0, 0.1) is 6.92 Å². The summed E-state index contributed by atoms with van der Waals surface area (Å²) in [6.07, 6.45) is 0.732. The Morgan fingerprint density at radius 2 is 1.94 bits per heavy atom. The van der Waals surface area contributed by atoms with Crippen molar-refractivity contribution in [3.63, 3.8) is 0 Å². The van der Waals surface area contributed by atoms with E-state index in [4.69, 9.17) is 14.2 Å². The zero-order valence-corrected chi connectivity index (χ0v) is 9.99. The van der Waals surface area contributed by atoms with Gasteiger partial charge in [0, 0.05) is 11.6 Å². The summed E-state index contributed by atoms with van der Waals surface area (Å²) in [5.41, 5.74) is 1.21. The van der Waals surface area contributed by atoms with Crippen LogP contribution in [0.2, 0.25) is 0 Å². The van der Waals surface area contributed by atoms with Crippen molar-refractivity contribution in [2.24, 2.45) is 0 Å². The fourth-order valence-electron chi connectivity index (χ4n) is 1.59. The summed E-state index contributed by atoms with van der Waals surface area (Å²) < 4.78 is 15.8. The van der Waals surface area contributed by atoms with Crippen LogP contribution in [-0.2, 0) is 0 Å². The van der Waals surface area contributed by atoms with Gasteiger partial charge in [0.2, 0.25) is 0 Å². The molecule has 0 spiro atoms. The minimum Gasteiger partial charge on any atom is -0.496 e. The summed E-state index contributed by atoms with van der Waals surface area (Å²) in [7, 11) is 3.09. The van der Waals surface area contributed by atoms with Crippen LogP contribution in [0.5, 0.6) is 17.2 Å². The lowest BCUT2D eigenvalue weighted by molar-refractivity contribution is 0.111. The average Bonchev–Trinajstić information content (AvgIpc) is 2.30. The van der Waals surface area contributed by atoms with Gasteiger partial charge in [-0.2, -0.15) is 0 Å². The predicted octanol–water partition coefficient (Wildman–Crippen LogP) is 2.22. The number of carbonyl (C=O) groups excluding carboxylic acids is 1. The molecule has 0 aliphatic carbocycles. The molecule has 4 nitrogen and oxygen atoms in total. The van der Waals surface area contributed by atoms with Gasteiger partial charge >= 0.3 is 0 Å². The van der Waals surface area contributed by atoms with Gasteiger partial charge in [-0.25, -0.2) is 0 Å². The Bertz CT molecular complexity index is 385. The fraction of sp³-hybridized carbons (Fsp3) is 0.417. The van der Waals surface area contributed by atoms with Gasteiger partial charge in [0.15, 0.2) is 6.29 Å². The molecular weight excluding hydrogens is 208 g/mol. The molecule has 0 unspecified atom stereocenters. The maximum absolute atomic E-state index is 11.0. The molecule has 0 amide bonds. The molecule has 0 saturated heterocycles. The van der Waals surface area contributed by atoms with Crippen molar-refractivity contribution in [3.8, 4) is 17.2 Å². The lowest BCUT2D eigenvalue weighted by atomic mass is 10.1. The molecule has 0 N–H and O–H groups in total. The summed E-state index contributed by atoms with van der Waals surface area (Å²) >= 11 is 0. The fourth-order valence-corrected chi connectivity index (χ4v) is 1.59. The highest BCUT2D eigenvalue weighted by Gasteiger charge is 2.17. The topological polar surface area (TPSA) is 44.8 Å². The minimum atomic E-state index is 0.419. The highest BCUT2D eigenvalue weighted by atomic mass is 16.5. The first-order valence-electron chi connectivity index (χ1n) is 5.03. The third-order valence-electron chi connectivity index (χ3n) is 2.32. The highest BCUT2D eigenvalue weighted by molar-refractivity contribution is 5.85. The lowest BCUT2D eigenvalue weighted by Gasteiger charge is -2.15. The monoisotopic (exact) mass is 224 g/mol. The summed E-state index contributed by atoms with van der Waals surface area (Å²) in [6.45, 7) is 4.17. The Balaban J connectivity index is 3.42. The van der Waals surface area contributed by atoms with Crippen molar-refractivity contribution in [3.05, 3.63) is 17.2 Å². The van der Waals surface area contributed by atoms with Crippen molar-refractivity contribution in [1.82, 2.24) is 0 Å². The number of rotatable bonds is 5. The number of benzene rings is 1. The zero-order chi connectivity index (χ0) is 12.1. The van der Waals surface area contributed by atoms with Crippen LogP contribution in [-0.4, -0.2) is 27.1 Å². The summed E-state index contributed by atoms with van der Waals surface area (Å²) in [4.78, 5) is 11.0. The van der Waals surface area contributed by atoms with Gasteiger partial charge in [-0.15, -0.1) is 0 Å². The van der Waals surface area contributed by atoms with Crippen LogP contribution in [0.1, 0.15) is 22.8 Å². The van der Waals surface area contributed by atoms with Crippen molar-refractivity contribution >= 4 is 6.29 Å². The third kappa shape index (κ3) is 2.10. The molecule has 16 heavy (non-hydrogen) atoms. The molecule has 0 fully saturated rings. The smallest absolute Gasteiger partial charge is 0.157 e. The zero-order valence-electron chi connectivity index (χ0n) is 9.99. The largest absolute Gasteiger partial charge is 0.496 e. The van der Waals surface area contributed by atoms with E-state index in [9.17, 15) is 4.79 Å². The maximum atomic E-state index is 11.0. The van der Waals surface area contributed by atoms with E-state index in [0.717, 1.165) is 11.8 Å². The third-order valence-corrected chi connectivity index (χ3v) is 2.32. The lowest BCUT2D eigenvalue weighted by Crippen LogP contribution is -2.02. The molecule has 0 radical (unpaired) electrons. The van der Waals surface area contributed by atoms with Crippen LogP contribution in [0.4, 0.5) is 0 Å². The number of ether oxygens (including phenoxy) is 3.